The Morgan fingerprint density at radius 2 is 1.97 bits per heavy atom. The van der Waals surface area contributed by atoms with Crippen LogP contribution in [0, 0.1) is 19.8 Å². The highest BCUT2D eigenvalue weighted by molar-refractivity contribution is 5.96. The zero-order valence-corrected chi connectivity index (χ0v) is 17.0. The smallest absolute Gasteiger partial charge is 0.227 e. The number of hydrogen-bond acceptors (Lipinski definition) is 4. The number of aromatic amines is 1. The molecule has 154 valence electrons. The predicted molar refractivity (Wildman–Crippen MR) is 109 cm³/mol. The van der Waals surface area contributed by atoms with Gasteiger partial charge in [-0.2, -0.15) is 5.10 Å². The second-order valence-electron chi connectivity index (χ2n) is 8.34. The van der Waals surface area contributed by atoms with Gasteiger partial charge in [-0.3, -0.25) is 14.7 Å². The van der Waals surface area contributed by atoms with E-state index in [-0.39, 0.29) is 17.7 Å². The van der Waals surface area contributed by atoms with Crippen LogP contribution in [0.25, 0.3) is 0 Å². The minimum Gasteiger partial charge on any atom is -0.383 e. The summed E-state index contributed by atoms with van der Waals surface area (Å²) in [6.45, 7) is 5.50. The Hall–Kier alpha value is -2.67. The van der Waals surface area contributed by atoms with E-state index < -0.39 is 5.60 Å². The lowest BCUT2D eigenvalue weighted by Gasteiger charge is -2.40. The summed E-state index contributed by atoms with van der Waals surface area (Å²) in [7, 11) is 0. The standard InChI is InChI=1S/C22H28N4O3/c1-15-3-5-18(13-16(15)2)26-14-17(4-6-20(26)27)21(28)25-11-8-22(29,9-12-25)19-7-10-23-24-19/h3,5,7,10,13,17,29H,4,6,8-9,11-12,14H2,1-2H3,(H,23,24). The molecule has 29 heavy (non-hydrogen) atoms. The third-order valence-corrected chi connectivity index (χ3v) is 6.47. The third kappa shape index (κ3) is 3.79. The molecule has 4 rings (SSSR count). The first-order valence-corrected chi connectivity index (χ1v) is 10.3. The summed E-state index contributed by atoms with van der Waals surface area (Å²) >= 11 is 0. The minimum atomic E-state index is -0.957. The number of hydrogen-bond donors (Lipinski definition) is 2. The molecule has 1 atom stereocenters. The largest absolute Gasteiger partial charge is 0.383 e. The molecule has 1 aromatic carbocycles. The van der Waals surface area contributed by atoms with E-state index in [0.29, 0.717) is 51.0 Å². The molecule has 2 fully saturated rings. The van der Waals surface area contributed by atoms with E-state index in [1.807, 2.05) is 36.9 Å². The number of H-pyrrole nitrogens is 1. The minimum absolute atomic E-state index is 0.0737. The zero-order chi connectivity index (χ0) is 20.6. The Morgan fingerprint density at radius 1 is 1.21 bits per heavy atom. The van der Waals surface area contributed by atoms with Crippen molar-refractivity contribution in [2.75, 3.05) is 24.5 Å². The first-order chi connectivity index (χ1) is 13.9. The van der Waals surface area contributed by atoms with Crippen LogP contribution in [0.2, 0.25) is 0 Å². The van der Waals surface area contributed by atoms with Crippen LogP contribution in [0.3, 0.4) is 0 Å². The average molecular weight is 396 g/mol. The summed E-state index contributed by atoms with van der Waals surface area (Å²) in [5, 5.41) is 17.6. The van der Waals surface area contributed by atoms with Gasteiger partial charge in [-0.25, -0.2) is 0 Å². The van der Waals surface area contributed by atoms with Crippen molar-refractivity contribution in [3.05, 3.63) is 47.3 Å². The Bertz CT molecular complexity index is 901. The molecule has 2 aromatic rings. The third-order valence-electron chi connectivity index (χ3n) is 6.47. The second-order valence-corrected chi connectivity index (χ2v) is 8.34. The summed E-state index contributed by atoms with van der Waals surface area (Å²) in [5.74, 6) is -0.0461. The highest BCUT2D eigenvalue weighted by atomic mass is 16.3. The van der Waals surface area contributed by atoms with Crippen LogP contribution >= 0.6 is 0 Å². The number of carbonyl (C=O) groups excluding carboxylic acids is 2. The zero-order valence-electron chi connectivity index (χ0n) is 17.0. The molecule has 0 radical (unpaired) electrons. The van der Waals surface area contributed by atoms with Crippen molar-refractivity contribution in [1.29, 1.82) is 0 Å². The van der Waals surface area contributed by atoms with Crippen molar-refractivity contribution in [3.8, 4) is 0 Å². The number of amides is 2. The molecular weight excluding hydrogens is 368 g/mol. The Labute approximate surface area is 170 Å². The van der Waals surface area contributed by atoms with Crippen molar-refractivity contribution in [3.63, 3.8) is 0 Å². The normalized spacial score (nSPS) is 22.0. The number of nitrogens with one attached hydrogen (secondary N) is 1. The molecule has 2 saturated heterocycles. The number of nitrogens with zero attached hydrogens (tertiary/aromatic N) is 3. The monoisotopic (exact) mass is 396 g/mol. The molecule has 2 aliphatic heterocycles. The molecular formula is C22H28N4O3. The van der Waals surface area contributed by atoms with Gasteiger partial charge < -0.3 is 14.9 Å². The topological polar surface area (TPSA) is 89.5 Å². The van der Waals surface area contributed by atoms with Crippen molar-refractivity contribution >= 4 is 17.5 Å². The molecule has 0 aliphatic carbocycles. The van der Waals surface area contributed by atoms with Crippen molar-refractivity contribution in [2.24, 2.45) is 5.92 Å². The lowest BCUT2D eigenvalue weighted by molar-refractivity contribution is -0.141. The van der Waals surface area contributed by atoms with Crippen LogP contribution in [0.5, 0.6) is 0 Å². The van der Waals surface area contributed by atoms with Crippen LogP contribution in [0.4, 0.5) is 5.69 Å². The van der Waals surface area contributed by atoms with Gasteiger partial charge in [0.05, 0.1) is 11.6 Å². The van der Waals surface area contributed by atoms with Gasteiger partial charge in [0.25, 0.3) is 0 Å². The summed E-state index contributed by atoms with van der Waals surface area (Å²) in [6, 6.07) is 7.78. The van der Waals surface area contributed by atoms with Crippen LogP contribution in [0.1, 0.15) is 42.5 Å². The SMILES string of the molecule is Cc1ccc(N2CC(C(=O)N3CCC(O)(c4ccn[nH]4)CC3)CCC2=O)cc1C. The number of piperidine rings is 2. The van der Waals surface area contributed by atoms with E-state index >= 15 is 0 Å². The van der Waals surface area contributed by atoms with Crippen molar-refractivity contribution in [2.45, 2.75) is 45.1 Å². The molecule has 0 spiro atoms. The Balaban J connectivity index is 1.42. The van der Waals surface area contributed by atoms with Crippen LogP contribution in [-0.4, -0.2) is 51.7 Å². The fourth-order valence-corrected chi connectivity index (χ4v) is 4.33. The predicted octanol–water partition coefficient (Wildman–Crippen LogP) is 2.28. The van der Waals surface area contributed by atoms with E-state index in [0.717, 1.165) is 11.3 Å². The molecule has 0 saturated carbocycles. The van der Waals surface area contributed by atoms with Gasteiger partial charge >= 0.3 is 0 Å². The molecule has 7 heteroatoms. The maximum Gasteiger partial charge on any atom is 0.227 e. The number of rotatable bonds is 3. The van der Waals surface area contributed by atoms with Gasteiger partial charge in [0, 0.05) is 37.9 Å². The molecule has 2 aliphatic rings. The number of likely N-dealkylation sites (tertiary alicyclic amines) is 1. The highest BCUT2D eigenvalue weighted by Crippen LogP contribution is 2.33. The number of aryl methyl sites for hydroxylation is 2. The highest BCUT2D eigenvalue weighted by Gasteiger charge is 2.39. The van der Waals surface area contributed by atoms with Crippen molar-refractivity contribution in [1.82, 2.24) is 15.1 Å². The lowest BCUT2D eigenvalue weighted by atomic mass is 9.87. The lowest BCUT2D eigenvalue weighted by Crippen LogP contribution is -2.51. The van der Waals surface area contributed by atoms with E-state index in [4.69, 9.17) is 0 Å². The van der Waals surface area contributed by atoms with E-state index in [9.17, 15) is 14.7 Å². The van der Waals surface area contributed by atoms with Gasteiger partial charge in [0.2, 0.25) is 11.8 Å². The molecule has 0 bridgehead atoms. The van der Waals surface area contributed by atoms with Gasteiger partial charge in [0.15, 0.2) is 0 Å². The van der Waals surface area contributed by atoms with Gasteiger partial charge in [-0.05, 0) is 62.4 Å². The van der Waals surface area contributed by atoms with Crippen molar-refractivity contribution < 1.29 is 14.7 Å². The van der Waals surface area contributed by atoms with Gasteiger partial charge in [-0.1, -0.05) is 6.07 Å². The van der Waals surface area contributed by atoms with Gasteiger partial charge in [-0.15, -0.1) is 0 Å². The summed E-state index contributed by atoms with van der Waals surface area (Å²) in [6.07, 6.45) is 3.56. The number of benzene rings is 1. The number of anilines is 1. The molecule has 1 aromatic heterocycles. The summed E-state index contributed by atoms with van der Waals surface area (Å²) in [4.78, 5) is 29.2. The van der Waals surface area contributed by atoms with Crippen LogP contribution < -0.4 is 4.90 Å². The molecule has 2 amide bonds. The summed E-state index contributed by atoms with van der Waals surface area (Å²) < 4.78 is 0. The fraction of sp³-hybridized carbons (Fsp3) is 0.500. The molecule has 7 nitrogen and oxygen atoms in total. The van der Waals surface area contributed by atoms with Gasteiger partial charge in [0.1, 0.15) is 5.60 Å². The first-order valence-electron chi connectivity index (χ1n) is 10.3. The maximum atomic E-state index is 13.1. The van der Waals surface area contributed by atoms with Crippen LogP contribution in [-0.2, 0) is 15.2 Å². The summed E-state index contributed by atoms with van der Waals surface area (Å²) in [5.41, 5.74) is 2.93. The van der Waals surface area contributed by atoms with E-state index in [1.54, 1.807) is 17.2 Å². The number of carbonyl (C=O) groups is 2. The van der Waals surface area contributed by atoms with E-state index in [2.05, 4.69) is 10.2 Å². The second kappa shape index (κ2) is 7.63. The maximum absolute atomic E-state index is 13.1. The average Bonchev–Trinajstić information content (AvgIpc) is 3.26. The quantitative estimate of drug-likeness (QED) is 0.833. The fourth-order valence-electron chi connectivity index (χ4n) is 4.33. The molecule has 3 heterocycles. The Kier molecular flexibility index (Phi) is 5.17. The molecule has 2 N–H and O–H groups in total. The van der Waals surface area contributed by atoms with E-state index in [1.165, 1.54) is 5.56 Å². The molecule has 1 unspecified atom stereocenters. The van der Waals surface area contributed by atoms with Crippen LogP contribution in [0.15, 0.2) is 30.5 Å². The first kappa shape index (κ1) is 19.6. The Morgan fingerprint density at radius 3 is 2.62 bits per heavy atom. The number of aromatic nitrogens is 2. The number of aliphatic hydroxyl groups is 1.